The first-order valence-corrected chi connectivity index (χ1v) is 9.15. The standard InChI is InChI=1S/C17H33N5O5/c1-17(2,3)27-16(26)22-14(21-15(24)25)20-11-9-7-5-4-6-8-10-19-13(23)12-18/h4-12,18H2,1-3H3,(H,19,23)(H,24,25)(H2,20,21,22,26). The fourth-order valence-electron chi connectivity index (χ4n) is 2.05. The third-order valence-electron chi connectivity index (χ3n) is 3.21. The summed E-state index contributed by atoms with van der Waals surface area (Å²) >= 11 is 0. The predicted molar refractivity (Wildman–Crippen MR) is 103 cm³/mol. The summed E-state index contributed by atoms with van der Waals surface area (Å²) in [6.07, 6.45) is 3.61. The Labute approximate surface area is 160 Å². The van der Waals surface area contributed by atoms with Crippen molar-refractivity contribution in [3.63, 3.8) is 0 Å². The minimum absolute atomic E-state index is 0.0159. The van der Waals surface area contributed by atoms with Gasteiger partial charge in [-0.3, -0.25) is 20.4 Å². The molecule has 0 heterocycles. The predicted octanol–water partition coefficient (Wildman–Crippen LogP) is 1.55. The van der Waals surface area contributed by atoms with Gasteiger partial charge in [0.25, 0.3) is 0 Å². The molecule has 156 valence electrons. The van der Waals surface area contributed by atoms with Gasteiger partial charge in [-0.05, 0) is 33.6 Å². The molecule has 0 radical (unpaired) electrons. The largest absolute Gasteiger partial charge is 0.465 e. The Morgan fingerprint density at radius 2 is 1.59 bits per heavy atom. The Bertz CT molecular complexity index is 502. The lowest BCUT2D eigenvalue weighted by molar-refractivity contribution is -0.119. The number of aliphatic imine (C=N–C) groups is 1. The number of carbonyl (C=O) groups excluding carboxylic acids is 2. The Kier molecular flexibility index (Phi) is 12.6. The molecule has 0 spiro atoms. The number of hydrogen-bond acceptors (Lipinski definition) is 6. The van der Waals surface area contributed by atoms with Crippen molar-refractivity contribution in [1.82, 2.24) is 16.0 Å². The Hall–Kier alpha value is -2.36. The van der Waals surface area contributed by atoms with Crippen LogP contribution in [0.4, 0.5) is 9.59 Å². The number of alkyl carbamates (subject to hydrolysis) is 1. The molecule has 3 amide bonds. The van der Waals surface area contributed by atoms with E-state index in [4.69, 9.17) is 15.6 Å². The van der Waals surface area contributed by atoms with Crippen molar-refractivity contribution in [1.29, 1.82) is 0 Å². The van der Waals surface area contributed by atoms with E-state index in [1.165, 1.54) is 0 Å². The molecule has 0 fully saturated rings. The zero-order valence-electron chi connectivity index (χ0n) is 16.5. The van der Waals surface area contributed by atoms with Crippen molar-refractivity contribution in [2.75, 3.05) is 19.6 Å². The molecular formula is C17H33N5O5. The fraction of sp³-hybridized carbons (Fsp3) is 0.765. The number of amides is 3. The van der Waals surface area contributed by atoms with Gasteiger partial charge in [-0.15, -0.1) is 0 Å². The van der Waals surface area contributed by atoms with Crippen LogP contribution in [0.25, 0.3) is 0 Å². The van der Waals surface area contributed by atoms with Crippen LogP contribution in [0.1, 0.15) is 59.3 Å². The average Bonchev–Trinajstić information content (AvgIpc) is 2.53. The van der Waals surface area contributed by atoms with Crippen LogP contribution in [0.2, 0.25) is 0 Å². The van der Waals surface area contributed by atoms with E-state index >= 15 is 0 Å². The number of rotatable bonds is 10. The molecule has 0 saturated carbocycles. The van der Waals surface area contributed by atoms with Crippen LogP contribution >= 0.6 is 0 Å². The first kappa shape index (κ1) is 24.6. The molecule has 27 heavy (non-hydrogen) atoms. The number of carboxylic acid groups (broad SMARTS) is 1. The number of nitrogens with one attached hydrogen (secondary N) is 3. The normalized spacial score (nSPS) is 11.6. The Morgan fingerprint density at radius 1 is 1.00 bits per heavy atom. The molecule has 10 nitrogen and oxygen atoms in total. The van der Waals surface area contributed by atoms with Gasteiger partial charge >= 0.3 is 12.2 Å². The average molecular weight is 387 g/mol. The summed E-state index contributed by atoms with van der Waals surface area (Å²) in [5.74, 6) is -0.286. The summed E-state index contributed by atoms with van der Waals surface area (Å²) in [6, 6.07) is 0. The number of hydrogen-bond donors (Lipinski definition) is 5. The number of carbonyl (C=O) groups is 3. The van der Waals surface area contributed by atoms with Gasteiger partial charge in [-0.25, -0.2) is 9.59 Å². The third-order valence-corrected chi connectivity index (χ3v) is 3.21. The summed E-state index contributed by atoms with van der Waals surface area (Å²) in [5, 5.41) is 15.9. The number of nitrogens with zero attached hydrogens (tertiary/aromatic N) is 1. The van der Waals surface area contributed by atoms with E-state index in [1.807, 2.05) is 5.32 Å². The van der Waals surface area contributed by atoms with Gasteiger partial charge in [0, 0.05) is 13.1 Å². The molecule has 0 aliphatic carbocycles. The maximum Gasteiger partial charge on any atom is 0.414 e. The molecule has 0 aromatic rings. The van der Waals surface area contributed by atoms with E-state index in [0.717, 1.165) is 38.5 Å². The third kappa shape index (κ3) is 16.8. The highest BCUT2D eigenvalue weighted by Crippen LogP contribution is 2.07. The molecule has 0 aliphatic heterocycles. The lowest BCUT2D eigenvalue weighted by atomic mass is 10.1. The Morgan fingerprint density at radius 3 is 2.15 bits per heavy atom. The van der Waals surface area contributed by atoms with Crippen molar-refractivity contribution >= 4 is 24.1 Å². The van der Waals surface area contributed by atoms with Crippen molar-refractivity contribution in [3.8, 4) is 0 Å². The highest BCUT2D eigenvalue weighted by atomic mass is 16.6. The van der Waals surface area contributed by atoms with Gasteiger partial charge < -0.3 is 20.9 Å². The summed E-state index contributed by atoms with van der Waals surface area (Å²) < 4.78 is 5.07. The lowest BCUT2D eigenvalue weighted by Gasteiger charge is -2.20. The summed E-state index contributed by atoms with van der Waals surface area (Å²) in [7, 11) is 0. The van der Waals surface area contributed by atoms with E-state index < -0.39 is 17.8 Å². The zero-order valence-corrected chi connectivity index (χ0v) is 16.5. The van der Waals surface area contributed by atoms with E-state index in [-0.39, 0.29) is 18.4 Å². The molecule has 10 heteroatoms. The minimum atomic E-state index is -1.31. The van der Waals surface area contributed by atoms with E-state index in [9.17, 15) is 14.4 Å². The highest BCUT2D eigenvalue weighted by molar-refractivity contribution is 6.00. The minimum Gasteiger partial charge on any atom is -0.465 e. The molecule has 0 atom stereocenters. The van der Waals surface area contributed by atoms with Crippen LogP contribution < -0.4 is 21.7 Å². The second-order valence-electron chi connectivity index (χ2n) is 6.96. The molecule has 0 rings (SSSR count). The quantitative estimate of drug-likeness (QED) is 0.217. The Balaban J connectivity index is 3.99. The number of unbranched alkanes of at least 4 members (excludes halogenated alkanes) is 5. The molecule has 0 aliphatic rings. The van der Waals surface area contributed by atoms with Crippen LogP contribution in [0.5, 0.6) is 0 Å². The van der Waals surface area contributed by atoms with Crippen LogP contribution in [0.15, 0.2) is 4.99 Å². The first-order chi connectivity index (χ1) is 12.6. The van der Waals surface area contributed by atoms with Crippen molar-refractivity contribution in [3.05, 3.63) is 0 Å². The maximum absolute atomic E-state index is 11.7. The smallest absolute Gasteiger partial charge is 0.414 e. The van der Waals surface area contributed by atoms with Gasteiger partial charge in [-0.1, -0.05) is 25.7 Å². The molecule has 0 saturated heterocycles. The molecule has 0 aromatic carbocycles. The second-order valence-corrected chi connectivity index (χ2v) is 6.96. The number of nitrogens with two attached hydrogens (primary N) is 1. The van der Waals surface area contributed by atoms with Crippen molar-refractivity contribution in [2.45, 2.75) is 64.9 Å². The highest BCUT2D eigenvalue weighted by Gasteiger charge is 2.18. The van der Waals surface area contributed by atoms with Crippen molar-refractivity contribution in [2.24, 2.45) is 10.7 Å². The molecular weight excluding hydrogens is 354 g/mol. The van der Waals surface area contributed by atoms with E-state index in [2.05, 4.69) is 15.6 Å². The van der Waals surface area contributed by atoms with Crippen LogP contribution in [-0.2, 0) is 9.53 Å². The summed E-state index contributed by atoms with van der Waals surface area (Å²) in [6.45, 7) is 6.17. The summed E-state index contributed by atoms with van der Waals surface area (Å²) in [4.78, 5) is 37.5. The molecule has 0 aromatic heterocycles. The molecule has 6 N–H and O–H groups in total. The van der Waals surface area contributed by atoms with Gasteiger partial charge in [0.05, 0.1) is 6.54 Å². The SMILES string of the molecule is CC(C)(C)OC(=O)NC(=NCCCCCCCCNC(=O)CN)NC(=O)O. The van der Waals surface area contributed by atoms with Gasteiger partial charge in [-0.2, -0.15) is 0 Å². The topological polar surface area (TPSA) is 155 Å². The lowest BCUT2D eigenvalue weighted by Crippen LogP contribution is -2.45. The zero-order chi connectivity index (χ0) is 20.7. The monoisotopic (exact) mass is 387 g/mol. The van der Waals surface area contributed by atoms with E-state index in [1.54, 1.807) is 20.8 Å². The van der Waals surface area contributed by atoms with E-state index in [0.29, 0.717) is 13.1 Å². The fourth-order valence-corrected chi connectivity index (χ4v) is 2.05. The van der Waals surface area contributed by atoms with Gasteiger partial charge in [0.1, 0.15) is 5.60 Å². The van der Waals surface area contributed by atoms with Crippen LogP contribution in [0.3, 0.4) is 0 Å². The van der Waals surface area contributed by atoms with Gasteiger partial charge in [0.2, 0.25) is 11.9 Å². The number of ether oxygens (including phenoxy) is 1. The van der Waals surface area contributed by atoms with Gasteiger partial charge in [0.15, 0.2) is 0 Å². The molecule has 0 bridgehead atoms. The summed E-state index contributed by atoms with van der Waals surface area (Å²) in [5.41, 5.74) is 4.50. The number of guanidine groups is 1. The van der Waals surface area contributed by atoms with Crippen LogP contribution in [-0.4, -0.2) is 54.4 Å². The molecule has 0 unspecified atom stereocenters. The van der Waals surface area contributed by atoms with Crippen molar-refractivity contribution < 1.29 is 24.2 Å². The van der Waals surface area contributed by atoms with Crippen LogP contribution in [0, 0.1) is 0 Å². The first-order valence-electron chi connectivity index (χ1n) is 9.15. The second kappa shape index (κ2) is 13.8. The maximum atomic E-state index is 11.7.